The minimum Gasteiger partial charge on any atom is -0.482 e. The number of benzene rings is 3. The first-order valence-electron chi connectivity index (χ1n) is 11.0. The average molecular weight is 470 g/mol. The number of thiazole rings is 1. The van der Waals surface area contributed by atoms with Gasteiger partial charge in [0.2, 0.25) is 5.91 Å². The maximum Gasteiger partial charge on any atom is 0.265 e. The average Bonchev–Trinajstić information content (AvgIpc) is 3.34. The van der Waals surface area contributed by atoms with E-state index in [-0.39, 0.29) is 25.0 Å². The molecule has 2 amide bonds. The molecule has 1 N–H and O–H groups in total. The molecule has 0 spiro atoms. The van der Waals surface area contributed by atoms with Crippen LogP contribution in [0.25, 0.3) is 11.3 Å². The summed E-state index contributed by atoms with van der Waals surface area (Å²) in [6.45, 7) is 0.256. The highest BCUT2D eigenvalue weighted by molar-refractivity contribution is 7.10. The van der Waals surface area contributed by atoms with Crippen LogP contribution in [0.4, 0.5) is 5.69 Å². The third-order valence-electron chi connectivity index (χ3n) is 5.58. The second kappa shape index (κ2) is 9.89. The molecular weight excluding hydrogens is 446 g/mol. The van der Waals surface area contributed by atoms with Gasteiger partial charge in [-0.2, -0.15) is 0 Å². The van der Waals surface area contributed by atoms with Gasteiger partial charge in [0.15, 0.2) is 6.61 Å². The molecule has 34 heavy (non-hydrogen) atoms. The summed E-state index contributed by atoms with van der Waals surface area (Å²) in [5.41, 5.74) is 4.51. The van der Waals surface area contributed by atoms with Crippen molar-refractivity contribution in [1.82, 2.24) is 10.3 Å². The molecule has 4 aromatic rings. The number of carbonyl (C=O) groups is 2. The topological polar surface area (TPSA) is 71.5 Å². The monoisotopic (exact) mass is 469 g/mol. The Balaban J connectivity index is 1.32. The molecule has 1 aliphatic heterocycles. The van der Waals surface area contributed by atoms with Crippen molar-refractivity contribution in [3.63, 3.8) is 0 Å². The van der Waals surface area contributed by atoms with Crippen molar-refractivity contribution in [3.05, 3.63) is 100 Å². The van der Waals surface area contributed by atoms with E-state index in [9.17, 15) is 9.59 Å². The lowest BCUT2D eigenvalue weighted by atomic mass is 10.1. The maximum atomic E-state index is 12.6. The lowest BCUT2D eigenvalue weighted by Gasteiger charge is -2.29. The summed E-state index contributed by atoms with van der Waals surface area (Å²) >= 11 is 1.61. The second-order valence-electron chi connectivity index (χ2n) is 8.00. The number of amides is 2. The summed E-state index contributed by atoms with van der Waals surface area (Å²) in [5, 5.41) is 5.92. The first-order chi connectivity index (χ1) is 16.7. The van der Waals surface area contributed by atoms with Crippen LogP contribution in [0.15, 0.2) is 84.2 Å². The molecule has 0 atom stereocenters. The van der Waals surface area contributed by atoms with Gasteiger partial charge in [0.05, 0.1) is 16.4 Å². The SMILES string of the molecule is O=C(CN1C(=O)COc2ccc(-c3csc(Cc4ccccc4)n3)cc21)NCc1ccccc1. The van der Waals surface area contributed by atoms with Crippen LogP contribution in [-0.2, 0) is 22.6 Å². The Morgan fingerprint density at radius 1 is 1.00 bits per heavy atom. The predicted octanol–water partition coefficient (Wildman–Crippen LogP) is 4.44. The number of nitrogens with one attached hydrogen (secondary N) is 1. The van der Waals surface area contributed by atoms with Crippen molar-refractivity contribution in [3.8, 4) is 17.0 Å². The molecule has 3 aromatic carbocycles. The Morgan fingerprint density at radius 2 is 1.74 bits per heavy atom. The van der Waals surface area contributed by atoms with Gasteiger partial charge in [-0.25, -0.2) is 4.98 Å². The number of hydrogen-bond acceptors (Lipinski definition) is 5. The zero-order valence-electron chi connectivity index (χ0n) is 18.4. The molecule has 0 radical (unpaired) electrons. The number of ether oxygens (including phenoxy) is 1. The minimum absolute atomic E-state index is 0.0677. The molecule has 0 unspecified atom stereocenters. The van der Waals surface area contributed by atoms with Crippen LogP contribution in [0.1, 0.15) is 16.1 Å². The Labute approximate surface area is 201 Å². The van der Waals surface area contributed by atoms with Gasteiger partial charge in [-0.05, 0) is 29.3 Å². The van der Waals surface area contributed by atoms with Crippen LogP contribution >= 0.6 is 11.3 Å². The number of carbonyl (C=O) groups excluding carboxylic acids is 2. The molecule has 7 heteroatoms. The molecule has 5 rings (SSSR count). The number of rotatable bonds is 7. The van der Waals surface area contributed by atoms with Crippen molar-refractivity contribution in [2.75, 3.05) is 18.1 Å². The van der Waals surface area contributed by atoms with Crippen molar-refractivity contribution >= 4 is 28.8 Å². The molecule has 0 fully saturated rings. The van der Waals surface area contributed by atoms with Gasteiger partial charge < -0.3 is 10.1 Å². The summed E-state index contributed by atoms with van der Waals surface area (Å²) < 4.78 is 5.61. The highest BCUT2D eigenvalue weighted by atomic mass is 32.1. The van der Waals surface area contributed by atoms with E-state index in [0.717, 1.165) is 28.2 Å². The molecule has 0 saturated carbocycles. The first kappa shape index (κ1) is 21.9. The summed E-state index contributed by atoms with van der Waals surface area (Å²) in [7, 11) is 0. The van der Waals surface area contributed by atoms with Crippen LogP contribution in [-0.4, -0.2) is 29.9 Å². The number of aromatic nitrogens is 1. The zero-order valence-corrected chi connectivity index (χ0v) is 19.3. The fraction of sp³-hybridized carbons (Fsp3) is 0.148. The van der Waals surface area contributed by atoms with Crippen LogP contribution in [0.5, 0.6) is 5.75 Å². The molecule has 0 saturated heterocycles. The predicted molar refractivity (Wildman–Crippen MR) is 133 cm³/mol. The summed E-state index contributed by atoms with van der Waals surface area (Å²) in [5.74, 6) is 0.107. The minimum atomic E-state index is -0.248. The fourth-order valence-electron chi connectivity index (χ4n) is 3.83. The van der Waals surface area contributed by atoms with Crippen molar-refractivity contribution in [2.24, 2.45) is 0 Å². The number of anilines is 1. The summed E-state index contributed by atoms with van der Waals surface area (Å²) in [4.78, 5) is 31.5. The summed E-state index contributed by atoms with van der Waals surface area (Å²) in [6.07, 6.45) is 0.770. The second-order valence-corrected chi connectivity index (χ2v) is 8.94. The smallest absolute Gasteiger partial charge is 0.265 e. The van der Waals surface area contributed by atoms with Gasteiger partial charge >= 0.3 is 0 Å². The van der Waals surface area contributed by atoms with Crippen molar-refractivity contribution in [1.29, 1.82) is 0 Å². The van der Waals surface area contributed by atoms with E-state index in [1.54, 1.807) is 11.3 Å². The largest absolute Gasteiger partial charge is 0.482 e. The van der Waals surface area contributed by atoms with E-state index < -0.39 is 0 Å². The van der Waals surface area contributed by atoms with Gasteiger partial charge in [0, 0.05) is 23.9 Å². The molecular formula is C27H23N3O3S. The lowest BCUT2D eigenvalue weighted by molar-refractivity contribution is -0.125. The van der Waals surface area contributed by atoms with E-state index in [1.165, 1.54) is 10.5 Å². The van der Waals surface area contributed by atoms with Crippen molar-refractivity contribution < 1.29 is 14.3 Å². The van der Waals surface area contributed by atoms with Crippen LogP contribution in [0.2, 0.25) is 0 Å². The lowest BCUT2D eigenvalue weighted by Crippen LogP contribution is -2.45. The molecule has 6 nitrogen and oxygen atoms in total. The van der Waals surface area contributed by atoms with Gasteiger partial charge in [-0.1, -0.05) is 60.7 Å². The van der Waals surface area contributed by atoms with E-state index in [0.29, 0.717) is 18.0 Å². The fourth-order valence-corrected chi connectivity index (χ4v) is 4.66. The third-order valence-corrected chi connectivity index (χ3v) is 6.43. The Kier molecular flexibility index (Phi) is 6.35. The highest BCUT2D eigenvalue weighted by Crippen LogP contribution is 2.36. The molecule has 1 aromatic heterocycles. The van der Waals surface area contributed by atoms with Gasteiger partial charge in [0.1, 0.15) is 12.3 Å². The van der Waals surface area contributed by atoms with Gasteiger partial charge in [0.25, 0.3) is 5.91 Å². The van der Waals surface area contributed by atoms with Crippen molar-refractivity contribution in [2.45, 2.75) is 13.0 Å². The zero-order chi connectivity index (χ0) is 23.3. The van der Waals surface area contributed by atoms with E-state index in [1.807, 2.05) is 72.1 Å². The molecule has 170 valence electrons. The van der Waals surface area contributed by atoms with E-state index >= 15 is 0 Å². The molecule has 0 aliphatic carbocycles. The highest BCUT2D eigenvalue weighted by Gasteiger charge is 2.28. The number of hydrogen-bond donors (Lipinski definition) is 1. The van der Waals surface area contributed by atoms with E-state index in [2.05, 4.69) is 17.4 Å². The Morgan fingerprint density at radius 3 is 2.50 bits per heavy atom. The van der Waals surface area contributed by atoms with Gasteiger partial charge in [-0.15, -0.1) is 11.3 Å². The number of nitrogens with zero attached hydrogens (tertiary/aromatic N) is 2. The number of fused-ring (bicyclic) bond motifs is 1. The van der Waals surface area contributed by atoms with Crippen LogP contribution in [0, 0.1) is 0 Å². The molecule has 0 bridgehead atoms. The molecule has 2 heterocycles. The van der Waals surface area contributed by atoms with Gasteiger partial charge in [-0.3, -0.25) is 14.5 Å². The molecule has 1 aliphatic rings. The van der Waals surface area contributed by atoms with Crippen LogP contribution < -0.4 is 15.0 Å². The standard InChI is InChI=1S/C27H23N3O3S/c31-25(28-15-20-9-5-2-6-10-20)16-30-23-14-21(11-12-24(23)33-17-27(30)32)22-18-34-26(29-22)13-19-7-3-1-4-8-19/h1-12,14,18H,13,15-17H2,(H,28,31). The third kappa shape index (κ3) is 5.00. The first-order valence-corrected chi connectivity index (χ1v) is 11.9. The van der Waals surface area contributed by atoms with E-state index in [4.69, 9.17) is 9.72 Å². The van der Waals surface area contributed by atoms with Crippen LogP contribution in [0.3, 0.4) is 0 Å². The normalized spacial score (nSPS) is 12.7. The maximum absolute atomic E-state index is 12.6. The summed E-state index contributed by atoms with van der Waals surface area (Å²) in [6, 6.07) is 25.5. The Hall–Kier alpha value is -3.97. The quantitative estimate of drug-likeness (QED) is 0.434. The Bertz CT molecular complexity index is 1310.